The fourth-order valence-electron chi connectivity index (χ4n) is 3.52. The lowest BCUT2D eigenvalue weighted by Crippen LogP contribution is -2.45. The van der Waals surface area contributed by atoms with Gasteiger partial charge in [-0.05, 0) is 30.3 Å². The number of carbonyl (C=O) groups excluding carboxylic acids is 2. The summed E-state index contributed by atoms with van der Waals surface area (Å²) in [5.41, 5.74) is 0.135. The van der Waals surface area contributed by atoms with Gasteiger partial charge in [-0.1, -0.05) is 23.7 Å². The van der Waals surface area contributed by atoms with Gasteiger partial charge in [-0.15, -0.1) is 0 Å². The van der Waals surface area contributed by atoms with Gasteiger partial charge in [0.15, 0.2) is 5.78 Å². The molecular formula is C19H15ClFNO3. The first-order valence-electron chi connectivity index (χ1n) is 8.03. The van der Waals surface area contributed by atoms with Crippen LogP contribution in [0.5, 0.6) is 5.75 Å². The van der Waals surface area contributed by atoms with E-state index in [0.717, 1.165) is 6.07 Å². The van der Waals surface area contributed by atoms with Crippen molar-refractivity contribution in [3.8, 4) is 5.75 Å². The molecule has 0 bridgehead atoms. The highest BCUT2D eigenvalue weighted by Gasteiger charge is 2.47. The number of nitrogens with zero attached hydrogens (tertiary/aromatic N) is 1. The molecule has 2 aromatic rings. The minimum Gasteiger partial charge on any atom is -0.484 e. The van der Waals surface area contributed by atoms with E-state index < -0.39 is 11.4 Å². The Kier molecular flexibility index (Phi) is 3.76. The van der Waals surface area contributed by atoms with Crippen molar-refractivity contribution >= 4 is 23.3 Å². The third kappa shape index (κ3) is 2.78. The fourth-order valence-corrected chi connectivity index (χ4v) is 3.77. The van der Waals surface area contributed by atoms with Gasteiger partial charge in [0.1, 0.15) is 17.2 Å². The molecule has 6 heteroatoms. The van der Waals surface area contributed by atoms with E-state index in [9.17, 15) is 14.0 Å². The van der Waals surface area contributed by atoms with E-state index in [1.165, 1.54) is 12.1 Å². The number of Topliss-reactive ketones (excluding diaryl/α,β-unsaturated/α-hetero) is 1. The van der Waals surface area contributed by atoms with Crippen LogP contribution in [0.1, 0.15) is 33.6 Å². The van der Waals surface area contributed by atoms with Crippen LogP contribution < -0.4 is 4.74 Å². The number of para-hydroxylation sites is 1. The first-order valence-corrected chi connectivity index (χ1v) is 8.41. The molecule has 0 aliphatic carbocycles. The SMILES string of the molecule is O=C1CC2(CCN(C(=O)c3ccc(F)cc3Cl)C2)Oc2ccccc21. The summed E-state index contributed by atoms with van der Waals surface area (Å²) < 4.78 is 19.3. The largest absolute Gasteiger partial charge is 0.484 e. The quantitative estimate of drug-likeness (QED) is 0.779. The molecule has 128 valence electrons. The molecule has 0 N–H and O–H groups in total. The van der Waals surface area contributed by atoms with Crippen molar-refractivity contribution in [2.24, 2.45) is 0 Å². The van der Waals surface area contributed by atoms with Crippen LogP contribution in [-0.4, -0.2) is 35.3 Å². The number of hydrogen-bond donors (Lipinski definition) is 0. The van der Waals surface area contributed by atoms with Gasteiger partial charge in [0.05, 0.1) is 29.1 Å². The Morgan fingerprint density at radius 2 is 2.04 bits per heavy atom. The molecule has 25 heavy (non-hydrogen) atoms. The van der Waals surface area contributed by atoms with Gasteiger partial charge < -0.3 is 9.64 Å². The van der Waals surface area contributed by atoms with Gasteiger partial charge in [-0.2, -0.15) is 0 Å². The fraction of sp³-hybridized carbons (Fsp3) is 0.263. The van der Waals surface area contributed by atoms with Crippen LogP contribution in [0, 0.1) is 5.82 Å². The molecule has 1 atom stereocenters. The number of ketones is 1. The second-order valence-corrected chi connectivity index (χ2v) is 6.89. The van der Waals surface area contributed by atoms with Gasteiger partial charge in [-0.3, -0.25) is 9.59 Å². The van der Waals surface area contributed by atoms with Crippen LogP contribution in [0.3, 0.4) is 0 Å². The van der Waals surface area contributed by atoms with E-state index in [4.69, 9.17) is 16.3 Å². The molecule has 0 aromatic heterocycles. The standard InChI is InChI=1S/C19H15ClFNO3/c20-15-9-12(21)5-6-13(15)18(24)22-8-7-19(11-22)10-16(23)14-3-1-2-4-17(14)25-19/h1-6,9H,7-8,10-11H2. The van der Waals surface area contributed by atoms with Crippen molar-refractivity contribution in [2.45, 2.75) is 18.4 Å². The molecule has 1 saturated heterocycles. The number of hydrogen-bond acceptors (Lipinski definition) is 3. The van der Waals surface area contributed by atoms with E-state index in [2.05, 4.69) is 0 Å². The molecule has 1 spiro atoms. The molecular weight excluding hydrogens is 345 g/mol. The first kappa shape index (κ1) is 16.1. The van der Waals surface area contributed by atoms with Crippen molar-refractivity contribution in [1.82, 2.24) is 4.90 Å². The summed E-state index contributed by atoms with van der Waals surface area (Å²) in [5, 5.41) is 0.0805. The Labute approximate surface area is 149 Å². The Bertz CT molecular complexity index is 885. The Morgan fingerprint density at radius 1 is 1.24 bits per heavy atom. The zero-order valence-electron chi connectivity index (χ0n) is 13.3. The zero-order chi connectivity index (χ0) is 17.6. The van der Waals surface area contributed by atoms with Crippen molar-refractivity contribution in [3.63, 3.8) is 0 Å². The molecule has 0 radical (unpaired) electrons. The van der Waals surface area contributed by atoms with Gasteiger partial charge >= 0.3 is 0 Å². The summed E-state index contributed by atoms with van der Waals surface area (Å²) in [5.74, 6) is -0.183. The van der Waals surface area contributed by atoms with Crippen LogP contribution >= 0.6 is 11.6 Å². The van der Waals surface area contributed by atoms with Crippen LogP contribution in [0.15, 0.2) is 42.5 Å². The van der Waals surface area contributed by atoms with Crippen LogP contribution in [0.2, 0.25) is 5.02 Å². The second kappa shape index (κ2) is 5.85. The van der Waals surface area contributed by atoms with E-state index in [-0.39, 0.29) is 28.7 Å². The van der Waals surface area contributed by atoms with Gasteiger partial charge in [-0.25, -0.2) is 4.39 Å². The van der Waals surface area contributed by atoms with E-state index >= 15 is 0 Å². The van der Waals surface area contributed by atoms with Crippen molar-refractivity contribution < 1.29 is 18.7 Å². The molecule has 2 aliphatic heterocycles. The van der Waals surface area contributed by atoms with Crippen molar-refractivity contribution in [3.05, 3.63) is 64.4 Å². The zero-order valence-corrected chi connectivity index (χ0v) is 14.1. The highest BCUT2D eigenvalue weighted by molar-refractivity contribution is 6.33. The van der Waals surface area contributed by atoms with Crippen LogP contribution in [-0.2, 0) is 0 Å². The number of rotatable bonds is 1. The van der Waals surface area contributed by atoms with Crippen LogP contribution in [0.25, 0.3) is 0 Å². The number of amides is 1. The number of benzene rings is 2. The summed E-state index contributed by atoms with van der Waals surface area (Å²) in [6, 6.07) is 10.9. The van der Waals surface area contributed by atoms with E-state index in [0.29, 0.717) is 30.8 Å². The average Bonchev–Trinajstić information content (AvgIpc) is 2.97. The number of ether oxygens (including phenoxy) is 1. The number of fused-ring (bicyclic) bond motifs is 1. The monoisotopic (exact) mass is 359 g/mol. The summed E-state index contributed by atoms with van der Waals surface area (Å²) in [7, 11) is 0. The van der Waals surface area contributed by atoms with E-state index in [1.807, 2.05) is 6.07 Å². The number of carbonyl (C=O) groups is 2. The lowest BCUT2D eigenvalue weighted by molar-refractivity contribution is 0.0428. The lowest BCUT2D eigenvalue weighted by Gasteiger charge is -2.34. The minimum absolute atomic E-state index is 0.0240. The molecule has 1 fully saturated rings. The third-order valence-electron chi connectivity index (χ3n) is 4.76. The molecule has 4 rings (SSSR count). The first-order chi connectivity index (χ1) is 12.0. The number of halogens is 2. The van der Waals surface area contributed by atoms with Gasteiger partial charge in [0, 0.05) is 13.0 Å². The van der Waals surface area contributed by atoms with Gasteiger partial charge in [0.2, 0.25) is 0 Å². The number of likely N-dealkylation sites (tertiary alicyclic amines) is 1. The second-order valence-electron chi connectivity index (χ2n) is 6.48. The molecule has 2 aliphatic rings. The highest BCUT2D eigenvalue weighted by Crippen LogP contribution is 2.39. The Hall–Kier alpha value is -2.40. The smallest absolute Gasteiger partial charge is 0.255 e. The average molecular weight is 360 g/mol. The van der Waals surface area contributed by atoms with E-state index in [1.54, 1.807) is 23.1 Å². The van der Waals surface area contributed by atoms with Crippen molar-refractivity contribution in [2.75, 3.05) is 13.1 Å². The topological polar surface area (TPSA) is 46.6 Å². The highest BCUT2D eigenvalue weighted by atomic mass is 35.5. The van der Waals surface area contributed by atoms with Gasteiger partial charge in [0.25, 0.3) is 5.91 Å². The predicted octanol–water partition coefficient (Wildman–Crippen LogP) is 3.73. The Balaban J connectivity index is 1.57. The molecule has 1 unspecified atom stereocenters. The summed E-state index contributed by atoms with van der Waals surface area (Å²) in [6.07, 6.45) is 0.808. The lowest BCUT2D eigenvalue weighted by atomic mass is 9.89. The minimum atomic E-state index is -0.701. The molecule has 2 aromatic carbocycles. The molecule has 0 saturated carbocycles. The summed E-state index contributed by atoms with van der Waals surface area (Å²) in [4.78, 5) is 26.8. The summed E-state index contributed by atoms with van der Waals surface area (Å²) in [6.45, 7) is 0.765. The maximum absolute atomic E-state index is 13.2. The molecule has 1 amide bonds. The molecule has 4 nitrogen and oxygen atoms in total. The van der Waals surface area contributed by atoms with Crippen molar-refractivity contribution in [1.29, 1.82) is 0 Å². The van der Waals surface area contributed by atoms with Crippen LogP contribution in [0.4, 0.5) is 4.39 Å². The maximum atomic E-state index is 13.2. The molecule has 2 heterocycles. The predicted molar refractivity (Wildman–Crippen MR) is 90.7 cm³/mol. The summed E-state index contributed by atoms with van der Waals surface area (Å²) >= 11 is 6.00. The maximum Gasteiger partial charge on any atom is 0.255 e. The Morgan fingerprint density at radius 3 is 2.84 bits per heavy atom. The normalized spacial score (nSPS) is 22.0. The third-order valence-corrected chi connectivity index (χ3v) is 5.07.